The van der Waals surface area contributed by atoms with Gasteiger partial charge in [-0.25, -0.2) is 9.59 Å². The van der Waals surface area contributed by atoms with E-state index in [2.05, 4.69) is 11.4 Å². The first-order valence-electron chi connectivity index (χ1n) is 9.24. The second kappa shape index (κ2) is 11.4. The number of carbonyl (C=O) groups is 2. The number of aliphatic carboxylic acids is 2. The number of halogens is 2. The van der Waals surface area contributed by atoms with E-state index in [1.165, 1.54) is 18.4 Å². The van der Waals surface area contributed by atoms with Crippen LogP contribution in [0.2, 0.25) is 10.0 Å². The van der Waals surface area contributed by atoms with Gasteiger partial charge in [-0.2, -0.15) is 0 Å². The van der Waals surface area contributed by atoms with E-state index in [9.17, 15) is 9.59 Å². The maximum atomic E-state index is 9.55. The number of rotatable bonds is 7. The smallest absolute Gasteiger partial charge is 0.328 e. The largest absolute Gasteiger partial charge is 0.478 e. The molecule has 1 saturated carbocycles. The van der Waals surface area contributed by atoms with E-state index in [-0.39, 0.29) is 0 Å². The van der Waals surface area contributed by atoms with E-state index in [1.807, 2.05) is 12.1 Å². The lowest BCUT2D eigenvalue weighted by Gasteiger charge is -2.32. The molecule has 2 atom stereocenters. The summed E-state index contributed by atoms with van der Waals surface area (Å²) in [6.07, 6.45) is 4.94. The third-order valence-electron chi connectivity index (χ3n) is 4.73. The zero-order chi connectivity index (χ0) is 20.5. The lowest BCUT2D eigenvalue weighted by atomic mass is 9.81. The molecule has 1 aromatic carbocycles. The quantitative estimate of drug-likeness (QED) is 0.570. The van der Waals surface area contributed by atoms with Gasteiger partial charge in [0.15, 0.2) is 0 Å². The average Bonchev–Trinajstić information content (AvgIpc) is 3.48. The van der Waals surface area contributed by atoms with Crippen LogP contribution in [0.15, 0.2) is 30.4 Å². The van der Waals surface area contributed by atoms with E-state index in [1.54, 1.807) is 0 Å². The Morgan fingerprint density at radius 3 is 2.32 bits per heavy atom. The summed E-state index contributed by atoms with van der Waals surface area (Å²) < 4.78 is 5.90. The second-order valence-corrected chi connectivity index (χ2v) is 7.84. The first kappa shape index (κ1) is 22.7. The third-order valence-corrected chi connectivity index (χ3v) is 5.47. The monoisotopic (exact) mass is 429 g/mol. The molecule has 154 valence electrons. The summed E-state index contributed by atoms with van der Waals surface area (Å²) in [5.41, 5.74) is 1.29. The molecule has 3 rings (SSSR count). The minimum absolute atomic E-state index is 0.519. The Balaban J connectivity index is 0.000000300. The zero-order valence-corrected chi connectivity index (χ0v) is 17.0. The fourth-order valence-electron chi connectivity index (χ4n) is 3.09. The Labute approximate surface area is 174 Å². The maximum absolute atomic E-state index is 9.55. The van der Waals surface area contributed by atoms with Crippen LogP contribution in [0, 0.1) is 11.8 Å². The molecule has 0 amide bonds. The van der Waals surface area contributed by atoms with Crippen LogP contribution >= 0.6 is 23.2 Å². The number of nitrogens with one attached hydrogen (secondary N) is 1. The van der Waals surface area contributed by atoms with Crippen molar-refractivity contribution in [2.24, 2.45) is 11.8 Å². The Hall–Kier alpha value is -1.60. The van der Waals surface area contributed by atoms with Crippen molar-refractivity contribution >= 4 is 35.1 Å². The van der Waals surface area contributed by atoms with Crippen molar-refractivity contribution in [1.82, 2.24) is 5.32 Å². The molecule has 0 spiro atoms. The van der Waals surface area contributed by atoms with Crippen molar-refractivity contribution < 1.29 is 24.5 Å². The van der Waals surface area contributed by atoms with Crippen molar-refractivity contribution in [3.63, 3.8) is 0 Å². The molecular weight excluding hydrogens is 405 g/mol. The Bertz CT molecular complexity index is 690. The summed E-state index contributed by atoms with van der Waals surface area (Å²) in [6.45, 7) is 3.86. The van der Waals surface area contributed by atoms with E-state index < -0.39 is 11.9 Å². The van der Waals surface area contributed by atoms with Gasteiger partial charge in [0.2, 0.25) is 0 Å². The van der Waals surface area contributed by atoms with Gasteiger partial charge in [0.1, 0.15) is 0 Å². The van der Waals surface area contributed by atoms with Crippen LogP contribution in [-0.4, -0.2) is 48.5 Å². The number of carboxylic acid groups (broad SMARTS) is 2. The molecule has 8 heteroatoms. The molecule has 2 fully saturated rings. The van der Waals surface area contributed by atoms with Crippen LogP contribution in [0.25, 0.3) is 0 Å². The number of carboxylic acids is 2. The van der Waals surface area contributed by atoms with E-state index >= 15 is 0 Å². The van der Waals surface area contributed by atoms with Crippen molar-refractivity contribution in [1.29, 1.82) is 0 Å². The Morgan fingerprint density at radius 2 is 1.75 bits per heavy atom. The fraction of sp³-hybridized carbons (Fsp3) is 0.500. The summed E-state index contributed by atoms with van der Waals surface area (Å²) in [7, 11) is 0. The minimum atomic E-state index is -1.26. The van der Waals surface area contributed by atoms with Gasteiger partial charge in [-0.15, -0.1) is 0 Å². The number of benzene rings is 1. The highest BCUT2D eigenvalue weighted by atomic mass is 35.5. The molecule has 0 radical (unpaired) electrons. The molecule has 0 bridgehead atoms. The number of hydrogen-bond donors (Lipinski definition) is 3. The normalized spacial score (nSPS) is 21.8. The molecule has 1 aliphatic heterocycles. The van der Waals surface area contributed by atoms with Crippen LogP contribution in [0.4, 0.5) is 0 Å². The van der Waals surface area contributed by atoms with Crippen molar-refractivity contribution in [2.45, 2.75) is 25.2 Å². The molecular formula is C20H25Cl2NO5. The second-order valence-electron chi connectivity index (χ2n) is 7.02. The van der Waals surface area contributed by atoms with Gasteiger partial charge in [0, 0.05) is 31.2 Å². The summed E-state index contributed by atoms with van der Waals surface area (Å²) in [6, 6.07) is 6.04. The number of hydrogen-bond acceptors (Lipinski definition) is 4. The molecule has 2 aliphatic rings. The summed E-state index contributed by atoms with van der Waals surface area (Å²) >= 11 is 12.2. The van der Waals surface area contributed by atoms with E-state index in [4.69, 9.17) is 38.2 Å². The number of ether oxygens (including phenoxy) is 1. The van der Waals surface area contributed by atoms with Gasteiger partial charge in [-0.1, -0.05) is 29.3 Å². The third kappa shape index (κ3) is 8.19. The average molecular weight is 430 g/mol. The van der Waals surface area contributed by atoms with Gasteiger partial charge in [-0.05, 0) is 55.3 Å². The summed E-state index contributed by atoms with van der Waals surface area (Å²) in [4.78, 5) is 19.1. The molecule has 1 saturated heterocycles. The molecule has 1 aliphatic carbocycles. The van der Waals surface area contributed by atoms with Crippen LogP contribution in [0.5, 0.6) is 0 Å². The lowest BCUT2D eigenvalue weighted by molar-refractivity contribution is -0.134. The van der Waals surface area contributed by atoms with Crippen molar-refractivity contribution in [3.05, 3.63) is 46.0 Å². The van der Waals surface area contributed by atoms with Crippen LogP contribution in [0.1, 0.15) is 30.7 Å². The zero-order valence-electron chi connectivity index (χ0n) is 15.4. The predicted molar refractivity (Wildman–Crippen MR) is 108 cm³/mol. The van der Waals surface area contributed by atoms with Crippen molar-refractivity contribution in [2.75, 3.05) is 26.3 Å². The lowest BCUT2D eigenvalue weighted by Crippen LogP contribution is -2.38. The maximum Gasteiger partial charge on any atom is 0.328 e. The molecule has 6 nitrogen and oxygen atoms in total. The van der Waals surface area contributed by atoms with Crippen molar-refractivity contribution in [3.8, 4) is 0 Å². The van der Waals surface area contributed by atoms with Crippen LogP contribution < -0.4 is 5.32 Å². The first-order chi connectivity index (χ1) is 13.4. The minimum Gasteiger partial charge on any atom is -0.478 e. The molecule has 0 aromatic heterocycles. The highest BCUT2D eigenvalue weighted by molar-refractivity contribution is 6.42. The highest BCUT2D eigenvalue weighted by Crippen LogP contribution is 2.35. The Kier molecular flexibility index (Phi) is 9.25. The van der Waals surface area contributed by atoms with Gasteiger partial charge >= 0.3 is 11.9 Å². The topological polar surface area (TPSA) is 95.9 Å². The van der Waals surface area contributed by atoms with Gasteiger partial charge in [-0.3, -0.25) is 0 Å². The fourth-order valence-corrected chi connectivity index (χ4v) is 3.40. The van der Waals surface area contributed by atoms with Crippen LogP contribution in [-0.2, 0) is 14.3 Å². The number of piperidine rings is 1. The van der Waals surface area contributed by atoms with Gasteiger partial charge in [0.25, 0.3) is 0 Å². The Morgan fingerprint density at radius 1 is 1.07 bits per heavy atom. The SMILES string of the molecule is Clc1ccc(C2CCNCC2COCC2CC2)cc1Cl.O=C(O)C=CC(=O)O. The molecule has 28 heavy (non-hydrogen) atoms. The molecule has 1 aromatic rings. The van der Waals surface area contributed by atoms with E-state index in [0.29, 0.717) is 34.0 Å². The van der Waals surface area contributed by atoms with E-state index in [0.717, 1.165) is 38.6 Å². The molecule has 3 N–H and O–H groups in total. The summed E-state index contributed by atoms with van der Waals surface area (Å²) in [5.74, 6) is -0.639. The van der Waals surface area contributed by atoms with Gasteiger partial charge < -0.3 is 20.3 Å². The molecule has 2 unspecified atom stereocenters. The molecule has 1 heterocycles. The highest BCUT2D eigenvalue weighted by Gasteiger charge is 2.28. The van der Waals surface area contributed by atoms with Crippen LogP contribution in [0.3, 0.4) is 0 Å². The standard InChI is InChI=1S/C16H21Cl2NO.C4H4O4/c17-15-4-3-12(7-16(15)18)14-5-6-19-8-13(14)10-20-9-11-1-2-11;5-3(6)1-2-4(7)8/h3-4,7,11,13-14,19H,1-2,5-6,8-10H2;1-2H,(H,5,6)(H,7,8). The van der Waals surface area contributed by atoms with Gasteiger partial charge in [0.05, 0.1) is 16.7 Å². The summed E-state index contributed by atoms with van der Waals surface area (Å²) in [5, 5.41) is 20.4. The first-order valence-corrected chi connectivity index (χ1v) is 9.99. The predicted octanol–water partition coefficient (Wildman–Crippen LogP) is 3.82.